The molecule has 1 nitrogen and oxygen atoms in total. The maximum Gasteiger partial charge on any atom is 0.0217 e. The molecule has 0 aromatic rings. The molecule has 0 heterocycles. The van der Waals surface area contributed by atoms with Crippen LogP contribution in [0.15, 0.2) is 0 Å². The number of nitrogens with two attached hydrogens (primary N) is 1. The summed E-state index contributed by atoms with van der Waals surface area (Å²) in [6.07, 6.45) is 2.34. The summed E-state index contributed by atoms with van der Waals surface area (Å²) in [5, 5.41) is 0. The number of hydrogen-bond donors (Lipinski definition) is 1. The van der Waals surface area contributed by atoms with Gasteiger partial charge in [-0.2, -0.15) is 0 Å². The quantitative estimate of drug-likeness (QED) is 0.618. The monoisotopic (exact) mass is 155 g/mol. The predicted octanol–water partition coefficient (Wildman–Crippen LogP) is 2.55. The largest absolute Gasteiger partial charge is 0.325 e. The van der Waals surface area contributed by atoms with Crippen LogP contribution in [0.25, 0.3) is 0 Å². The third-order valence-electron chi connectivity index (χ3n) is 2.83. The third-order valence-corrected chi connectivity index (χ3v) is 2.83. The van der Waals surface area contributed by atoms with Gasteiger partial charge in [-0.25, -0.2) is 0 Å². The van der Waals surface area contributed by atoms with Gasteiger partial charge in [0, 0.05) is 5.54 Å². The molecule has 11 heavy (non-hydrogen) atoms. The van der Waals surface area contributed by atoms with Crippen LogP contribution in [0.1, 0.15) is 47.5 Å². The summed E-state index contributed by atoms with van der Waals surface area (Å²) >= 11 is 0. The maximum absolute atomic E-state index is 6.21. The van der Waals surface area contributed by atoms with Gasteiger partial charge in [-0.1, -0.05) is 34.6 Å². The average molecular weight is 155 g/mol. The molecule has 2 N–H and O–H groups in total. The summed E-state index contributed by atoms with van der Waals surface area (Å²) in [4.78, 5) is 0. The molecule has 1 rings (SSSR count). The maximum atomic E-state index is 6.21. The lowest BCUT2D eigenvalue weighted by atomic mass is 9.84. The van der Waals surface area contributed by atoms with Gasteiger partial charge in [0.15, 0.2) is 0 Å². The highest BCUT2D eigenvalue weighted by atomic mass is 14.9. The van der Waals surface area contributed by atoms with Crippen LogP contribution in [0.3, 0.4) is 0 Å². The molecule has 0 aliphatic heterocycles. The van der Waals surface area contributed by atoms with Crippen LogP contribution >= 0.6 is 0 Å². The van der Waals surface area contributed by atoms with Crippen molar-refractivity contribution in [3.8, 4) is 0 Å². The third kappa shape index (κ3) is 1.76. The van der Waals surface area contributed by atoms with Gasteiger partial charge < -0.3 is 5.73 Å². The smallest absolute Gasteiger partial charge is 0.0217 e. The van der Waals surface area contributed by atoms with Crippen molar-refractivity contribution in [2.75, 3.05) is 0 Å². The van der Waals surface area contributed by atoms with E-state index < -0.39 is 0 Å². The van der Waals surface area contributed by atoms with Gasteiger partial charge >= 0.3 is 0 Å². The first-order valence-electron chi connectivity index (χ1n) is 4.45. The molecule has 0 radical (unpaired) electrons. The Morgan fingerprint density at radius 1 is 1.27 bits per heavy atom. The fourth-order valence-electron chi connectivity index (χ4n) is 1.99. The fraction of sp³-hybridized carbons (Fsp3) is 1.00. The van der Waals surface area contributed by atoms with E-state index in [-0.39, 0.29) is 5.54 Å². The highest BCUT2D eigenvalue weighted by Gasteiger charge is 2.59. The second-order valence-electron chi connectivity index (χ2n) is 5.95. The first-order valence-corrected chi connectivity index (χ1v) is 4.45. The molecule has 1 unspecified atom stereocenters. The van der Waals surface area contributed by atoms with Gasteiger partial charge in [-0.05, 0) is 23.7 Å². The molecule has 1 atom stereocenters. The number of rotatable bonds is 1. The Balaban J connectivity index is 2.54. The van der Waals surface area contributed by atoms with Crippen molar-refractivity contribution in [3.63, 3.8) is 0 Å². The van der Waals surface area contributed by atoms with E-state index in [9.17, 15) is 0 Å². The Hall–Kier alpha value is -0.0400. The van der Waals surface area contributed by atoms with Crippen molar-refractivity contribution in [3.05, 3.63) is 0 Å². The molecule has 0 saturated heterocycles. The van der Waals surface area contributed by atoms with Gasteiger partial charge in [0.1, 0.15) is 0 Å². The van der Waals surface area contributed by atoms with E-state index >= 15 is 0 Å². The van der Waals surface area contributed by atoms with E-state index in [1.165, 1.54) is 6.42 Å². The van der Waals surface area contributed by atoms with Crippen LogP contribution in [0, 0.1) is 10.8 Å². The Morgan fingerprint density at radius 2 is 1.64 bits per heavy atom. The summed E-state index contributed by atoms with van der Waals surface area (Å²) in [6.45, 7) is 11.3. The SMILES string of the molecule is CC(C)(C)CC1(N)CC1(C)C. The molecule has 0 amide bonds. The van der Waals surface area contributed by atoms with Gasteiger partial charge in [0.25, 0.3) is 0 Å². The van der Waals surface area contributed by atoms with Crippen LogP contribution < -0.4 is 5.73 Å². The lowest BCUT2D eigenvalue weighted by Gasteiger charge is -2.25. The second-order valence-corrected chi connectivity index (χ2v) is 5.95. The molecular formula is C10H21N. The minimum absolute atomic E-state index is 0.130. The molecule has 0 aromatic carbocycles. The molecular weight excluding hydrogens is 134 g/mol. The molecule has 1 aliphatic rings. The van der Waals surface area contributed by atoms with E-state index in [1.807, 2.05) is 0 Å². The van der Waals surface area contributed by atoms with E-state index in [0.29, 0.717) is 10.8 Å². The van der Waals surface area contributed by atoms with Crippen LogP contribution in [0.4, 0.5) is 0 Å². The van der Waals surface area contributed by atoms with Crippen LogP contribution in [-0.4, -0.2) is 5.54 Å². The standard InChI is InChI=1S/C10H21N/c1-8(2,3)6-10(11)7-9(10,4)5/h6-7,11H2,1-5H3. The van der Waals surface area contributed by atoms with Crippen molar-refractivity contribution < 1.29 is 0 Å². The van der Waals surface area contributed by atoms with Crippen molar-refractivity contribution in [2.45, 2.75) is 53.0 Å². The van der Waals surface area contributed by atoms with Crippen LogP contribution in [0.2, 0.25) is 0 Å². The molecule has 1 heteroatoms. The van der Waals surface area contributed by atoms with Crippen molar-refractivity contribution in [1.82, 2.24) is 0 Å². The fourth-order valence-corrected chi connectivity index (χ4v) is 1.99. The number of hydrogen-bond acceptors (Lipinski definition) is 1. The summed E-state index contributed by atoms with van der Waals surface area (Å²) in [7, 11) is 0. The van der Waals surface area contributed by atoms with Crippen molar-refractivity contribution in [1.29, 1.82) is 0 Å². The first kappa shape index (κ1) is 9.05. The lowest BCUT2D eigenvalue weighted by Crippen LogP contribution is -2.33. The van der Waals surface area contributed by atoms with E-state index in [4.69, 9.17) is 5.73 Å². The molecule has 0 spiro atoms. The molecule has 0 aromatic heterocycles. The van der Waals surface area contributed by atoms with Gasteiger partial charge in [-0.15, -0.1) is 0 Å². The molecule has 66 valence electrons. The normalized spacial score (nSPS) is 35.5. The summed E-state index contributed by atoms with van der Waals surface area (Å²) < 4.78 is 0. The highest BCUT2D eigenvalue weighted by molar-refractivity contribution is 5.15. The van der Waals surface area contributed by atoms with Crippen LogP contribution in [0.5, 0.6) is 0 Å². The minimum Gasteiger partial charge on any atom is -0.325 e. The first-order chi connectivity index (χ1) is 4.66. The molecule has 0 bridgehead atoms. The Labute approximate surface area is 70.4 Å². The van der Waals surface area contributed by atoms with E-state index in [2.05, 4.69) is 34.6 Å². The predicted molar refractivity (Wildman–Crippen MR) is 49.4 cm³/mol. The summed E-state index contributed by atoms with van der Waals surface area (Å²) in [6, 6.07) is 0. The van der Waals surface area contributed by atoms with Crippen LogP contribution in [-0.2, 0) is 0 Å². The van der Waals surface area contributed by atoms with Gasteiger partial charge in [0.2, 0.25) is 0 Å². The zero-order chi connectivity index (χ0) is 8.91. The van der Waals surface area contributed by atoms with E-state index in [0.717, 1.165) is 6.42 Å². The Kier molecular flexibility index (Phi) is 1.65. The second kappa shape index (κ2) is 2.01. The average Bonchev–Trinajstić information content (AvgIpc) is 1.96. The van der Waals surface area contributed by atoms with Crippen molar-refractivity contribution in [2.24, 2.45) is 16.6 Å². The Bertz CT molecular complexity index is 164. The molecule has 1 fully saturated rings. The topological polar surface area (TPSA) is 26.0 Å². The molecule has 1 aliphatic carbocycles. The zero-order valence-electron chi connectivity index (χ0n) is 8.49. The minimum atomic E-state index is 0.130. The molecule has 1 saturated carbocycles. The van der Waals surface area contributed by atoms with Gasteiger partial charge in [-0.3, -0.25) is 0 Å². The summed E-state index contributed by atoms with van der Waals surface area (Å²) in [5.41, 5.74) is 7.11. The van der Waals surface area contributed by atoms with E-state index in [1.54, 1.807) is 0 Å². The zero-order valence-corrected chi connectivity index (χ0v) is 8.49. The van der Waals surface area contributed by atoms with Gasteiger partial charge in [0.05, 0.1) is 0 Å². The Morgan fingerprint density at radius 3 is 1.73 bits per heavy atom. The highest BCUT2D eigenvalue weighted by Crippen LogP contribution is 2.58. The van der Waals surface area contributed by atoms with Crippen molar-refractivity contribution >= 4 is 0 Å². The summed E-state index contributed by atoms with van der Waals surface area (Å²) in [5.74, 6) is 0. The lowest BCUT2D eigenvalue weighted by molar-refractivity contribution is 0.298.